The van der Waals surface area contributed by atoms with Gasteiger partial charge in [0.1, 0.15) is 5.75 Å². The Kier molecular flexibility index (Phi) is 3.72. The average molecular weight is 374 g/mol. The van der Waals surface area contributed by atoms with Crippen molar-refractivity contribution < 1.29 is 4.74 Å². The van der Waals surface area contributed by atoms with Crippen molar-refractivity contribution in [3.05, 3.63) is 27.7 Å². The number of benzene rings is 1. The van der Waals surface area contributed by atoms with E-state index in [1.165, 1.54) is 47.0 Å². The van der Waals surface area contributed by atoms with Gasteiger partial charge in [-0.1, -0.05) is 44.7 Å². The van der Waals surface area contributed by atoms with Crippen LogP contribution in [0.4, 0.5) is 0 Å². The third-order valence-corrected chi connectivity index (χ3v) is 5.99. The number of hydrogen-bond donors (Lipinski definition) is 0. The van der Waals surface area contributed by atoms with Crippen LogP contribution in [0.1, 0.15) is 36.8 Å². The van der Waals surface area contributed by atoms with Crippen LogP contribution in [0.3, 0.4) is 0 Å². The summed E-state index contributed by atoms with van der Waals surface area (Å²) in [6.07, 6.45) is 7.66. The van der Waals surface area contributed by atoms with Gasteiger partial charge in [0.2, 0.25) is 0 Å². The number of hydrogen-bond acceptors (Lipinski definition) is 1. The third kappa shape index (κ3) is 2.36. The molecule has 3 heteroatoms. The summed E-state index contributed by atoms with van der Waals surface area (Å²) >= 11 is 7.37. The molecule has 1 aromatic carbocycles. The lowest BCUT2D eigenvalue weighted by Gasteiger charge is -2.27. The Morgan fingerprint density at radius 3 is 2.72 bits per heavy atom. The minimum Gasteiger partial charge on any atom is -0.493 e. The molecule has 0 atom stereocenters. The number of rotatable bonds is 3. The lowest BCUT2D eigenvalue weighted by atomic mass is 9.81. The molecule has 1 heterocycles. The molecule has 98 valence electrons. The van der Waals surface area contributed by atoms with Crippen molar-refractivity contribution in [1.82, 2.24) is 0 Å². The highest BCUT2D eigenvalue weighted by molar-refractivity contribution is 9.10. The Morgan fingerprint density at radius 1 is 1.22 bits per heavy atom. The summed E-state index contributed by atoms with van der Waals surface area (Å²) < 4.78 is 7.05. The normalized spacial score (nSPS) is 20.8. The molecule has 1 saturated carbocycles. The van der Waals surface area contributed by atoms with E-state index in [4.69, 9.17) is 4.74 Å². The molecule has 0 spiro atoms. The van der Waals surface area contributed by atoms with Crippen molar-refractivity contribution >= 4 is 31.9 Å². The quantitative estimate of drug-likeness (QED) is 0.686. The van der Waals surface area contributed by atoms with Crippen molar-refractivity contribution in [2.75, 3.05) is 11.9 Å². The Hall–Kier alpha value is -0.0200. The lowest BCUT2D eigenvalue weighted by molar-refractivity contribution is 0.324. The molecule has 1 fully saturated rings. The summed E-state index contributed by atoms with van der Waals surface area (Å²) in [6, 6.07) is 4.47. The van der Waals surface area contributed by atoms with E-state index in [0.29, 0.717) is 5.41 Å². The Labute approximate surface area is 126 Å². The van der Waals surface area contributed by atoms with Crippen LogP contribution in [-0.4, -0.2) is 11.9 Å². The van der Waals surface area contributed by atoms with E-state index in [1.54, 1.807) is 0 Å². The van der Waals surface area contributed by atoms with Crippen LogP contribution in [0.15, 0.2) is 16.6 Å². The molecule has 0 saturated heterocycles. The SMILES string of the molecule is BrCC1(Cc2cc(Br)cc3c2OCC3)CCCC1. The lowest BCUT2D eigenvalue weighted by Crippen LogP contribution is -2.21. The zero-order valence-electron chi connectivity index (χ0n) is 10.5. The number of ether oxygens (including phenoxy) is 1. The molecule has 0 aromatic heterocycles. The second-order valence-corrected chi connectivity index (χ2v) is 7.15. The van der Waals surface area contributed by atoms with E-state index in [2.05, 4.69) is 44.0 Å². The van der Waals surface area contributed by atoms with Crippen molar-refractivity contribution in [3.8, 4) is 5.75 Å². The fourth-order valence-electron chi connectivity index (χ4n) is 3.36. The van der Waals surface area contributed by atoms with Gasteiger partial charge in [-0.05, 0) is 47.9 Å². The van der Waals surface area contributed by atoms with Crippen LogP contribution in [0.2, 0.25) is 0 Å². The fraction of sp³-hybridized carbons (Fsp3) is 0.600. The topological polar surface area (TPSA) is 9.23 Å². The van der Waals surface area contributed by atoms with Gasteiger partial charge in [-0.2, -0.15) is 0 Å². The zero-order chi connectivity index (χ0) is 12.6. The van der Waals surface area contributed by atoms with Crippen LogP contribution in [0, 0.1) is 5.41 Å². The largest absolute Gasteiger partial charge is 0.493 e. The van der Waals surface area contributed by atoms with Crippen molar-refractivity contribution in [1.29, 1.82) is 0 Å². The first-order chi connectivity index (χ1) is 8.72. The van der Waals surface area contributed by atoms with Crippen molar-refractivity contribution in [3.63, 3.8) is 0 Å². The van der Waals surface area contributed by atoms with E-state index < -0.39 is 0 Å². The molecule has 1 nitrogen and oxygen atoms in total. The molecular formula is C15H18Br2O. The standard InChI is InChI=1S/C15H18Br2O/c16-10-15(4-1-2-5-15)9-12-8-13(17)7-11-3-6-18-14(11)12/h7-8H,1-6,9-10H2. The summed E-state index contributed by atoms with van der Waals surface area (Å²) in [6.45, 7) is 0.847. The third-order valence-electron chi connectivity index (χ3n) is 4.34. The van der Waals surface area contributed by atoms with Gasteiger partial charge in [0.05, 0.1) is 6.61 Å². The molecule has 0 bridgehead atoms. The highest BCUT2D eigenvalue weighted by atomic mass is 79.9. The summed E-state index contributed by atoms with van der Waals surface area (Å²) in [5.41, 5.74) is 3.24. The monoisotopic (exact) mass is 372 g/mol. The van der Waals surface area contributed by atoms with E-state index in [0.717, 1.165) is 24.8 Å². The first-order valence-corrected chi connectivity index (χ1v) is 8.64. The van der Waals surface area contributed by atoms with E-state index in [9.17, 15) is 0 Å². The van der Waals surface area contributed by atoms with Crippen LogP contribution >= 0.6 is 31.9 Å². The number of alkyl halides is 1. The summed E-state index contributed by atoms with van der Waals surface area (Å²) in [5.74, 6) is 1.17. The van der Waals surface area contributed by atoms with Gasteiger partial charge in [-0.25, -0.2) is 0 Å². The van der Waals surface area contributed by atoms with Gasteiger partial charge in [-0.15, -0.1) is 0 Å². The fourth-order valence-corrected chi connectivity index (χ4v) is 4.68. The second-order valence-electron chi connectivity index (χ2n) is 5.67. The molecule has 0 radical (unpaired) electrons. The van der Waals surface area contributed by atoms with Gasteiger partial charge in [0.25, 0.3) is 0 Å². The predicted octanol–water partition coefficient (Wildman–Crippen LogP) is 4.88. The van der Waals surface area contributed by atoms with E-state index in [1.807, 2.05) is 0 Å². The Bertz CT molecular complexity index is 450. The minimum atomic E-state index is 0.459. The van der Waals surface area contributed by atoms with E-state index >= 15 is 0 Å². The van der Waals surface area contributed by atoms with Gasteiger partial charge >= 0.3 is 0 Å². The molecule has 0 N–H and O–H groups in total. The van der Waals surface area contributed by atoms with Gasteiger partial charge < -0.3 is 4.74 Å². The molecule has 18 heavy (non-hydrogen) atoms. The zero-order valence-corrected chi connectivity index (χ0v) is 13.6. The highest BCUT2D eigenvalue weighted by Crippen LogP contribution is 2.45. The van der Waals surface area contributed by atoms with Crippen LogP contribution in [0.5, 0.6) is 5.75 Å². The highest BCUT2D eigenvalue weighted by Gasteiger charge is 2.34. The molecule has 0 amide bonds. The second kappa shape index (κ2) is 5.16. The first-order valence-electron chi connectivity index (χ1n) is 6.73. The van der Waals surface area contributed by atoms with Crippen molar-refractivity contribution in [2.24, 2.45) is 5.41 Å². The Balaban J connectivity index is 1.92. The summed E-state index contributed by atoms with van der Waals surface area (Å²) in [4.78, 5) is 0. The van der Waals surface area contributed by atoms with Gasteiger partial charge in [-0.3, -0.25) is 0 Å². The van der Waals surface area contributed by atoms with Gasteiger partial charge in [0, 0.05) is 16.2 Å². The smallest absolute Gasteiger partial charge is 0.125 e. The van der Waals surface area contributed by atoms with Crippen LogP contribution < -0.4 is 4.74 Å². The minimum absolute atomic E-state index is 0.459. The predicted molar refractivity (Wildman–Crippen MR) is 81.7 cm³/mol. The maximum absolute atomic E-state index is 5.85. The maximum atomic E-state index is 5.85. The molecule has 2 aliphatic rings. The Morgan fingerprint density at radius 2 is 2.00 bits per heavy atom. The van der Waals surface area contributed by atoms with Crippen molar-refractivity contribution in [2.45, 2.75) is 38.5 Å². The molecule has 1 aliphatic carbocycles. The molecular weight excluding hydrogens is 356 g/mol. The van der Waals surface area contributed by atoms with Crippen LogP contribution in [0.25, 0.3) is 0 Å². The summed E-state index contributed by atoms with van der Waals surface area (Å²) in [5, 5.41) is 1.11. The number of fused-ring (bicyclic) bond motifs is 1. The van der Waals surface area contributed by atoms with E-state index in [-0.39, 0.29) is 0 Å². The first kappa shape index (κ1) is 13.0. The molecule has 3 rings (SSSR count). The molecule has 1 aromatic rings. The van der Waals surface area contributed by atoms with Crippen LogP contribution in [-0.2, 0) is 12.8 Å². The number of halogens is 2. The summed E-state index contributed by atoms with van der Waals surface area (Å²) in [7, 11) is 0. The van der Waals surface area contributed by atoms with Gasteiger partial charge in [0.15, 0.2) is 0 Å². The average Bonchev–Trinajstić information content (AvgIpc) is 2.98. The maximum Gasteiger partial charge on any atom is 0.125 e. The molecule has 0 unspecified atom stereocenters. The molecule has 1 aliphatic heterocycles.